The molecule has 7 aliphatic carbocycles. The minimum Gasteiger partial charge on any atom is -0.486 e. The molecule has 0 saturated carbocycles. The van der Waals surface area contributed by atoms with Crippen molar-refractivity contribution in [1.29, 1.82) is 5.26 Å². The molecule has 8 heterocycles. The second-order valence-electron chi connectivity index (χ2n) is 38.4. The van der Waals surface area contributed by atoms with Gasteiger partial charge < -0.3 is 73.7 Å². The molecule has 740 valence electrons. The number of halogens is 8. The van der Waals surface area contributed by atoms with Crippen LogP contribution in [0.4, 0.5) is 63.6 Å². The number of β-amino-alcohol motifs (C(OH)–C–C–N with tert-alkyl or cyclic N) is 5. The van der Waals surface area contributed by atoms with Crippen molar-refractivity contribution in [3.63, 3.8) is 0 Å². The number of allylic oxidation sites excluding steroid dienone is 8. The van der Waals surface area contributed by atoms with Gasteiger partial charge in [0.25, 0.3) is 0 Å². The second kappa shape index (κ2) is 39.6. The summed E-state index contributed by atoms with van der Waals surface area (Å²) >= 11 is 0. The molecule has 10 aromatic rings. The first-order valence-corrected chi connectivity index (χ1v) is 49.4. The first kappa shape index (κ1) is 96.1. The van der Waals surface area contributed by atoms with Crippen molar-refractivity contribution in [2.45, 2.75) is 151 Å². The van der Waals surface area contributed by atoms with E-state index in [0.717, 1.165) is 172 Å². The number of nitriles is 1. The highest BCUT2D eigenvalue weighted by Gasteiger charge is 2.49. The fourth-order valence-corrected chi connectivity index (χ4v) is 24.4. The van der Waals surface area contributed by atoms with Gasteiger partial charge in [-0.1, -0.05) is 91.0 Å². The Bertz CT molecular complexity index is 7150. The molecule has 25 rings (SSSR count). The lowest BCUT2D eigenvalue weighted by atomic mass is 9.78. The lowest BCUT2D eigenvalue weighted by Crippen LogP contribution is -2.33. The van der Waals surface area contributed by atoms with Crippen molar-refractivity contribution in [2.75, 3.05) is 123 Å². The van der Waals surface area contributed by atoms with Crippen LogP contribution < -0.4 is 43.4 Å². The molecule has 0 spiro atoms. The third kappa shape index (κ3) is 17.6. The highest BCUT2D eigenvalue weighted by atomic mass is 19.4. The molecule has 29 heteroatoms. The number of aliphatic hydroxyl groups is 5. The molecule has 0 aromatic heterocycles. The Hall–Kier alpha value is -14.0. The number of alkyl halides is 6. The van der Waals surface area contributed by atoms with Crippen LogP contribution in [0, 0.1) is 23.0 Å². The van der Waals surface area contributed by atoms with E-state index in [0.29, 0.717) is 165 Å². The predicted molar refractivity (Wildman–Crippen MR) is 522 cm³/mol. The monoisotopic (exact) mass is 1960 g/mol. The Morgan fingerprint density at radius 1 is 0.306 bits per heavy atom. The first-order chi connectivity index (χ1) is 69.8. The molecule has 10 aromatic carbocycles. The van der Waals surface area contributed by atoms with E-state index in [1.807, 2.05) is 52.3 Å². The summed E-state index contributed by atoms with van der Waals surface area (Å²) in [5.41, 5.74) is 27.2. The van der Waals surface area contributed by atoms with Gasteiger partial charge in [-0.05, 0) is 251 Å². The molecular weight excluding hydrogens is 1860 g/mol. The van der Waals surface area contributed by atoms with Crippen LogP contribution in [0.2, 0.25) is 0 Å². The summed E-state index contributed by atoms with van der Waals surface area (Å²) < 4.78 is 137. The Morgan fingerprint density at radius 3 is 0.903 bits per heavy atom. The van der Waals surface area contributed by atoms with Crippen LogP contribution in [-0.2, 0) is 79.6 Å². The number of ketones is 4. The molecule has 0 fully saturated rings. The number of rotatable bonds is 15. The van der Waals surface area contributed by atoms with Gasteiger partial charge in [-0.15, -0.1) is 0 Å². The van der Waals surface area contributed by atoms with Crippen LogP contribution in [0.15, 0.2) is 238 Å². The fraction of sp³-hybridized carbons (Fsp3) is 0.339. The highest BCUT2D eigenvalue weighted by Crippen LogP contribution is 2.59. The zero-order valence-corrected chi connectivity index (χ0v) is 78.9. The van der Waals surface area contributed by atoms with Crippen molar-refractivity contribution >= 4 is 57.5 Å². The van der Waals surface area contributed by atoms with Crippen LogP contribution >= 0.6 is 0 Å². The number of aryl methyl sites for hydroxylation is 6. The van der Waals surface area contributed by atoms with Gasteiger partial charge in [0.2, 0.25) is 0 Å². The van der Waals surface area contributed by atoms with Gasteiger partial charge in [-0.25, -0.2) is 13.6 Å². The molecule has 0 radical (unpaired) electrons. The first-order valence-electron chi connectivity index (χ1n) is 49.4. The van der Waals surface area contributed by atoms with Gasteiger partial charge >= 0.3 is 18.3 Å². The van der Waals surface area contributed by atoms with E-state index in [1.54, 1.807) is 53.4 Å². The second-order valence-corrected chi connectivity index (χ2v) is 38.4. The van der Waals surface area contributed by atoms with E-state index in [4.69, 9.17) is 23.7 Å². The number of nitrogens with zero attached hydrogens (tertiary/aromatic N) is 6. The van der Waals surface area contributed by atoms with Crippen molar-refractivity contribution < 1.29 is 108 Å². The maximum absolute atomic E-state index is 14.0. The van der Waals surface area contributed by atoms with Crippen LogP contribution in [0.3, 0.4) is 0 Å². The van der Waals surface area contributed by atoms with Crippen molar-refractivity contribution in [1.82, 2.24) is 0 Å². The number of benzene rings is 10. The molecule has 0 bridgehead atoms. The number of carbonyl (C=O) groups is 5. The number of aliphatic hydroxyl groups excluding tert-OH is 5. The van der Waals surface area contributed by atoms with E-state index in [9.17, 15) is 89.9 Å². The fourth-order valence-electron chi connectivity index (χ4n) is 24.4. The molecule has 15 aliphatic rings. The lowest BCUT2D eigenvalue weighted by Gasteiger charge is -2.38. The summed E-state index contributed by atoms with van der Waals surface area (Å²) in [4.78, 5) is 74.2. The molecule has 144 heavy (non-hydrogen) atoms. The Morgan fingerprint density at radius 2 is 0.583 bits per heavy atom. The lowest BCUT2D eigenvalue weighted by molar-refractivity contribution is -0.138. The molecular formula is C115H104F8N6O15. The van der Waals surface area contributed by atoms with Crippen LogP contribution in [0.5, 0.6) is 23.0 Å². The maximum Gasteiger partial charge on any atom is 0.416 e. The molecule has 21 nitrogen and oxygen atoms in total. The summed E-state index contributed by atoms with van der Waals surface area (Å²) in [6, 6.07) is 53.8. The predicted octanol–water partition coefficient (Wildman–Crippen LogP) is 18.6. The van der Waals surface area contributed by atoms with Crippen molar-refractivity contribution in [3.8, 4) is 29.1 Å². The Balaban J connectivity index is 0.000000106. The van der Waals surface area contributed by atoms with Crippen LogP contribution in [0.1, 0.15) is 206 Å². The number of fused-ring (bicyclic) bond motifs is 10. The van der Waals surface area contributed by atoms with Crippen molar-refractivity contribution in [3.05, 3.63) is 356 Å². The Labute approximate surface area is 825 Å². The third-order valence-electron chi connectivity index (χ3n) is 30.3. The van der Waals surface area contributed by atoms with Gasteiger partial charge in [0.15, 0.2) is 46.1 Å². The summed E-state index contributed by atoms with van der Waals surface area (Å²) in [7, 11) is 0. The minimum atomic E-state index is -4.52. The minimum absolute atomic E-state index is 0.0125. The highest BCUT2D eigenvalue weighted by molar-refractivity contribution is 6.07. The quantitative estimate of drug-likeness (QED) is 0.0471. The normalized spacial score (nSPS) is 20.3. The third-order valence-corrected chi connectivity index (χ3v) is 30.3. The van der Waals surface area contributed by atoms with Crippen molar-refractivity contribution in [2.24, 2.45) is 0 Å². The van der Waals surface area contributed by atoms with E-state index >= 15 is 0 Å². The molecule has 0 amide bonds. The molecule has 5 atom stereocenters. The van der Waals surface area contributed by atoms with E-state index < -0.39 is 41.3 Å². The average molecular weight is 1960 g/mol. The average Bonchev–Trinajstić information content (AvgIpc) is 1.42. The van der Waals surface area contributed by atoms with E-state index in [2.05, 4.69) is 52.3 Å². The van der Waals surface area contributed by atoms with E-state index in [-0.39, 0.29) is 104 Å². The zero-order chi connectivity index (χ0) is 99.8. The summed E-state index contributed by atoms with van der Waals surface area (Å²) in [6.45, 7) is 3.37. The molecule has 0 saturated heterocycles. The van der Waals surface area contributed by atoms with Gasteiger partial charge in [0.05, 0.1) is 67.1 Å². The number of esters is 1. The number of ether oxygens (including phenoxy) is 5. The smallest absolute Gasteiger partial charge is 0.416 e. The SMILES string of the molecule is N#Cc1cccc(C2C3=C(CCC3=O)N(CCO)c3cc4c(cc32)CCC4)c1.O=C1CCC2=C1C(c1cccc(C(F)(F)F)c1)c1cc3c(cc1N2CCO)CCC3.O=C1CCC2=C1C(c1cccc(F)c1)c1cc3c(cc1N2CCO)CCC3.O=C1CCC2=C1C(c1cccc(F)c1)c1cc3c(cc1N2CCO)OCCO3.O=C1OCC2=C1C(c1cccc(C(F)(F)F)c1)c1cc3c(cc1N2CCO)OCCO3. The number of hydrogen-bond donors (Lipinski definition) is 5. The van der Waals surface area contributed by atoms with Gasteiger partial charge in [0.1, 0.15) is 44.7 Å². The number of carbonyl (C=O) groups excluding carboxylic acids is 5. The number of anilines is 5. The topological polar surface area (TPSA) is 273 Å². The largest absolute Gasteiger partial charge is 0.486 e. The zero-order valence-electron chi connectivity index (χ0n) is 78.9. The van der Waals surface area contributed by atoms with Crippen LogP contribution in [0.25, 0.3) is 0 Å². The Kier molecular flexibility index (Phi) is 26.4. The number of cyclic esters (lactones) is 1. The van der Waals surface area contributed by atoms with Gasteiger partial charge in [-0.2, -0.15) is 31.6 Å². The van der Waals surface area contributed by atoms with Gasteiger partial charge in [-0.3, -0.25) is 19.2 Å². The van der Waals surface area contributed by atoms with Crippen LogP contribution in [-0.4, -0.2) is 153 Å². The summed E-state index contributed by atoms with van der Waals surface area (Å²) in [5, 5.41) is 57.6. The molecule has 5 N–H and O–H groups in total. The number of hydrogen-bond acceptors (Lipinski definition) is 21. The summed E-state index contributed by atoms with van der Waals surface area (Å²) in [6.07, 6.45) is 5.02. The number of Topliss-reactive ketones (excluding diaryl/α,β-unsaturated/α-hetero) is 4. The van der Waals surface area contributed by atoms with Gasteiger partial charge in [0, 0.05) is 174 Å². The summed E-state index contributed by atoms with van der Waals surface area (Å²) in [5.74, 6) is -0.531. The maximum atomic E-state index is 14.0. The standard InChI is InChI=1S/C24H22F3NO2.C24H22N2O2.C23H22FNO2.C22H18F3NO5.C22H20FNO4/c25-24(26,27)17-6-2-5-16(11-17)22-18-12-14-3-1-4-15(14)13-20(18)28(9-10-29)19-7-8-21(30)23(19)22;25-14-15-3-1-6-18(11-15)23-19-12-16-4-2-5-17(16)13-21(19)26(9-10-27)20-7-8-22(28)24(20)23;24-17-6-2-5-16(11-17)22-18-12-14-3-1-4-15(14)13-20(18)25(9-10-26)19-7-8-21(27)23(19)22;23-22(24,25)13-3-1-2-12(8-13)19-14-9-17-18(30-7-6-29-17)10-15(14)26(4-5-27)16-11-31-21(28)20(16)19;23-14-3-1-2-13(10-14)21-15-11-19-20(28-9-8-27-19)12-17(15)24(6-7-25)16-4-5-18(26)22(16)21/h2,5-6,11-13,22,29H,1,3-4,7-10H2;1,3,6,11-13,23,27H,2,4-5,7-10H2;2,5-6,11-13,22,26H,1,3-4,7-10H2;1-3,8-10,19,27H,4-7,11H2;1-3,10-12,21,25H,4-9H2. The molecule has 8 aliphatic heterocycles. The molecule has 5 unspecified atom stereocenters. The van der Waals surface area contributed by atoms with E-state index in [1.165, 1.54) is 76.2 Å².